The molecule has 19 heavy (non-hydrogen) atoms. The van der Waals surface area contributed by atoms with E-state index in [1.807, 2.05) is 0 Å². The lowest BCUT2D eigenvalue weighted by Gasteiger charge is -2.19. The summed E-state index contributed by atoms with van der Waals surface area (Å²) in [6, 6.07) is 9.26. The molecule has 1 unspecified atom stereocenters. The Kier molecular flexibility index (Phi) is 5.23. The van der Waals surface area contributed by atoms with Gasteiger partial charge in [-0.3, -0.25) is 0 Å². The summed E-state index contributed by atoms with van der Waals surface area (Å²) in [6.07, 6.45) is 2.75. The minimum absolute atomic E-state index is 0.429. The molecular weight excluding hydrogens is 234 g/mol. The monoisotopic (exact) mass is 261 g/mol. The van der Waals surface area contributed by atoms with Crippen LogP contribution in [0.4, 0.5) is 5.69 Å². The van der Waals surface area contributed by atoms with Crippen molar-refractivity contribution in [2.75, 3.05) is 45.2 Å². The third kappa shape index (κ3) is 4.22. The third-order valence-electron chi connectivity index (χ3n) is 3.99. The molecular formula is C16H27N3. The molecule has 1 aliphatic heterocycles. The van der Waals surface area contributed by atoms with E-state index in [0.717, 1.165) is 6.54 Å². The van der Waals surface area contributed by atoms with Crippen LogP contribution in [0.1, 0.15) is 31.4 Å². The van der Waals surface area contributed by atoms with E-state index in [1.54, 1.807) is 0 Å². The minimum atomic E-state index is 0.429. The largest absolute Gasteiger partial charge is 0.378 e. The van der Waals surface area contributed by atoms with E-state index in [2.05, 4.69) is 60.4 Å². The predicted molar refractivity (Wildman–Crippen MR) is 82.9 cm³/mol. The molecule has 1 saturated heterocycles. The van der Waals surface area contributed by atoms with Gasteiger partial charge in [-0.05, 0) is 50.6 Å². The van der Waals surface area contributed by atoms with E-state index >= 15 is 0 Å². The maximum atomic E-state index is 3.62. The first-order valence-corrected chi connectivity index (χ1v) is 7.40. The Hall–Kier alpha value is -1.06. The Morgan fingerprint density at radius 2 is 1.79 bits per heavy atom. The van der Waals surface area contributed by atoms with E-state index in [4.69, 9.17) is 0 Å². The zero-order valence-electron chi connectivity index (χ0n) is 12.5. The molecule has 1 aromatic rings. The molecule has 1 atom stereocenters. The second-order valence-corrected chi connectivity index (χ2v) is 5.71. The number of benzene rings is 1. The van der Waals surface area contributed by atoms with Crippen LogP contribution in [0, 0.1) is 0 Å². The molecule has 1 aliphatic rings. The summed E-state index contributed by atoms with van der Waals surface area (Å²) in [5.41, 5.74) is 2.63. The smallest absolute Gasteiger partial charge is 0.0361 e. The fourth-order valence-corrected chi connectivity index (χ4v) is 2.62. The summed E-state index contributed by atoms with van der Waals surface area (Å²) in [5.74, 6) is 0. The molecule has 3 heteroatoms. The van der Waals surface area contributed by atoms with Crippen LogP contribution in [0.2, 0.25) is 0 Å². The fourth-order valence-electron chi connectivity index (χ4n) is 2.62. The molecule has 1 aromatic carbocycles. The lowest BCUT2D eigenvalue weighted by atomic mass is 10.1. The van der Waals surface area contributed by atoms with Crippen molar-refractivity contribution < 1.29 is 0 Å². The van der Waals surface area contributed by atoms with Gasteiger partial charge in [0, 0.05) is 38.9 Å². The van der Waals surface area contributed by atoms with Crippen molar-refractivity contribution in [2.24, 2.45) is 0 Å². The van der Waals surface area contributed by atoms with E-state index < -0.39 is 0 Å². The van der Waals surface area contributed by atoms with Gasteiger partial charge < -0.3 is 15.1 Å². The summed E-state index contributed by atoms with van der Waals surface area (Å²) in [4.78, 5) is 4.68. The van der Waals surface area contributed by atoms with Crippen LogP contribution in [0.25, 0.3) is 0 Å². The molecule has 2 rings (SSSR count). The van der Waals surface area contributed by atoms with Gasteiger partial charge in [-0.15, -0.1) is 0 Å². The van der Waals surface area contributed by atoms with Gasteiger partial charge in [0.1, 0.15) is 0 Å². The second kappa shape index (κ2) is 6.92. The normalized spacial score (nSPS) is 17.6. The number of hydrogen-bond acceptors (Lipinski definition) is 3. The van der Waals surface area contributed by atoms with Crippen LogP contribution in [-0.4, -0.2) is 45.2 Å². The first kappa shape index (κ1) is 14.4. The average Bonchev–Trinajstić information content (AvgIpc) is 2.92. The van der Waals surface area contributed by atoms with Crippen LogP contribution in [-0.2, 0) is 0 Å². The fraction of sp³-hybridized carbons (Fsp3) is 0.625. The number of nitrogens with zero attached hydrogens (tertiary/aromatic N) is 2. The number of rotatable bonds is 6. The quantitative estimate of drug-likeness (QED) is 0.849. The summed E-state index contributed by atoms with van der Waals surface area (Å²) < 4.78 is 0. The molecule has 1 fully saturated rings. The topological polar surface area (TPSA) is 18.5 Å². The van der Waals surface area contributed by atoms with Crippen molar-refractivity contribution in [3.8, 4) is 0 Å². The van der Waals surface area contributed by atoms with Crippen molar-refractivity contribution in [3.63, 3.8) is 0 Å². The van der Waals surface area contributed by atoms with Crippen LogP contribution >= 0.6 is 0 Å². The van der Waals surface area contributed by atoms with E-state index in [1.165, 1.54) is 43.7 Å². The molecule has 0 amide bonds. The van der Waals surface area contributed by atoms with Gasteiger partial charge in [0.2, 0.25) is 0 Å². The highest BCUT2D eigenvalue weighted by Gasteiger charge is 2.11. The van der Waals surface area contributed by atoms with Crippen molar-refractivity contribution in [1.29, 1.82) is 0 Å². The first-order chi connectivity index (χ1) is 9.16. The van der Waals surface area contributed by atoms with Gasteiger partial charge in [0.15, 0.2) is 0 Å². The van der Waals surface area contributed by atoms with Gasteiger partial charge in [-0.25, -0.2) is 0 Å². The molecule has 0 aliphatic carbocycles. The molecule has 0 radical (unpaired) electrons. The van der Waals surface area contributed by atoms with Crippen LogP contribution in [0.15, 0.2) is 24.3 Å². The summed E-state index contributed by atoms with van der Waals surface area (Å²) in [6.45, 7) is 7.08. The lowest BCUT2D eigenvalue weighted by Crippen LogP contribution is -2.31. The van der Waals surface area contributed by atoms with Crippen molar-refractivity contribution in [3.05, 3.63) is 29.8 Å². The van der Waals surface area contributed by atoms with E-state index in [0.29, 0.717) is 6.04 Å². The highest BCUT2D eigenvalue weighted by Crippen LogP contribution is 2.17. The molecule has 1 heterocycles. The Balaban J connectivity index is 1.76. The molecule has 3 nitrogen and oxygen atoms in total. The average molecular weight is 261 g/mol. The molecule has 0 bridgehead atoms. The van der Waals surface area contributed by atoms with Crippen LogP contribution < -0.4 is 10.2 Å². The molecule has 0 spiro atoms. The minimum Gasteiger partial charge on any atom is -0.378 e. The third-order valence-corrected chi connectivity index (χ3v) is 3.99. The zero-order valence-corrected chi connectivity index (χ0v) is 12.5. The second-order valence-electron chi connectivity index (χ2n) is 5.71. The standard InChI is InChI=1S/C16H27N3/c1-14(17-10-13-19-11-4-5-12-19)15-6-8-16(9-7-15)18(2)3/h6-9,14,17H,4-5,10-13H2,1-3H3. The van der Waals surface area contributed by atoms with E-state index in [9.17, 15) is 0 Å². The van der Waals surface area contributed by atoms with Crippen LogP contribution in [0.5, 0.6) is 0 Å². The van der Waals surface area contributed by atoms with Gasteiger partial charge >= 0.3 is 0 Å². The number of anilines is 1. The zero-order chi connectivity index (χ0) is 13.7. The summed E-state index contributed by atoms with van der Waals surface area (Å²) >= 11 is 0. The Bertz CT molecular complexity index is 366. The molecule has 106 valence electrons. The Morgan fingerprint density at radius 1 is 1.16 bits per heavy atom. The first-order valence-electron chi connectivity index (χ1n) is 7.40. The SMILES string of the molecule is CC(NCCN1CCCC1)c1ccc(N(C)C)cc1. The Morgan fingerprint density at radius 3 is 2.37 bits per heavy atom. The molecule has 1 N–H and O–H groups in total. The maximum absolute atomic E-state index is 3.62. The van der Waals surface area contributed by atoms with Gasteiger partial charge in [0.05, 0.1) is 0 Å². The predicted octanol–water partition coefficient (Wildman–Crippen LogP) is 2.50. The summed E-state index contributed by atoms with van der Waals surface area (Å²) in [5, 5.41) is 3.62. The molecule has 0 aromatic heterocycles. The van der Waals surface area contributed by atoms with E-state index in [-0.39, 0.29) is 0 Å². The Labute approximate surface area is 117 Å². The summed E-state index contributed by atoms with van der Waals surface area (Å²) in [7, 11) is 4.15. The van der Waals surface area contributed by atoms with Crippen molar-refractivity contribution >= 4 is 5.69 Å². The highest BCUT2D eigenvalue weighted by atomic mass is 15.2. The van der Waals surface area contributed by atoms with Gasteiger partial charge in [-0.1, -0.05) is 12.1 Å². The van der Waals surface area contributed by atoms with Gasteiger partial charge in [0.25, 0.3) is 0 Å². The number of hydrogen-bond donors (Lipinski definition) is 1. The maximum Gasteiger partial charge on any atom is 0.0361 e. The van der Waals surface area contributed by atoms with Crippen molar-refractivity contribution in [2.45, 2.75) is 25.8 Å². The van der Waals surface area contributed by atoms with Crippen molar-refractivity contribution in [1.82, 2.24) is 10.2 Å². The number of nitrogens with one attached hydrogen (secondary N) is 1. The molecule has 0 saturated carbocycles. The van der Waals surface area contributed by atoms with Crippen LogP contribution in [0.3, 0.4) is 0 Å². The number of likely N-dealkylation sites (tertiary alicyclic amines) is 1. The highest BCUT2D eigenvalue weighted by molar-refractivity contribution is 5.46. The van der Waals surface area contributed by atoms with Gasteiger partial charge in [-0.2, -0.15) is 0 Å². The lowest BCUT2D eigenvalue weighted by molar-refractivity contribution is 0.330.